The maximum absolute atomic E-state index is 3.76. The van der Waals surface area contributed by atoms with E-state index in [1.165, 1.54) is 87.9 Å². The molecule has 304 valence electrons. The van der Waals surface area contributed by atoms with Gasteiger partial charge in [0.05, 0.1) is 16.9 Å². The van der Waals surface area contributed by atoms with Gasteiger partial charge in [0.15, 0.2) is 0 Å². The molecule has 0 amide bonds. The summed E-state index contributed by atoms with van der Waals surface area (Å²) in [5.41, 5.74) is 14.9. The average Bonchev–Trinajstić information content (AvgIpc) is 3.74. The van der Waals surface area contributed by atoms with Crippen LogP contribution in [-0.2, 0) is 18.4 Å². The lowest BCUT2D eigenvalue weighted by Gasteiger charge is -2.21. The first-order valence-corrected chi connectivity index (χ1v) is 21.4. The Morgan fingerprint density at radius 3 is 1.94 bits per heavy atom. The summed E-state index contributed by atoms with van der Waals surface area (Å²) < 4.78 is 2.58. The van der Waals surface area contributed by atoms with E-state index in [1.54, 1.807) is 6.08 Å². The van der Waals surface area contributed by atoms with Gasteiger partial charge in [-0.3, -0.25) is 9.98 Å². The van der Waals surface area contributed by atoms with Crippen molar-refractivity contribution < 1.29 is 0 Å². The maximum atomic E-state index is 3.76. The summed E-state index contributed by atoms with van der Waals surface area (Å²) in [4.78, 5) is 7.52. The molecule has 0 spiro atoms. The molecule has 9 aromatic rings. The molecule has 1 aliphatic rings. The molecule has 10 rings (SSSR count). The summed E-state index contributed by atoms with van der Waals surface area (Å²) in [6, 6.07) is 59.5. The number of para-hydroxylation sites is 3. The largest absolute Gasteiger partial charge is 0.340 e. The molecule has 0 unspecified atom stereocenters. The fourth-order valence-corrected chi connectivity index (χ4v) is 9.12. The molecular weight excluding hydrogens is 751 g/mol. The second-order valence-corrected chi connectivity index (χ2v) is 16.4. The van der Waals surface area contributed by atoms with Crippen LogP contribution in [0.3, 0.4) is 0 Å². The van der Waals surface area contributed by atoms with Crippen LogP contribution in [0, 0.1) is 0 Å². The molecule has 1 heterocycles. The van der Waals surface area contributed by atoms with Gasteiger partial charge in [0.25, 0.3) is 0 Å². The highest BCUT2D eigenvalue weighted by Gasteiger charge is 2.36. The molecule has 0 fully saturated rings. The van der Waals surface area contributed by atoms with Crippen molar-refractivity contribution in [2.24, 2.45) is 9.98 Å². The van der Waals surface area contributed by atoms with E-state index in [9.17, 15) is 0 Å². The minimum absolute atomic E-state index is 0.0378. The molecule has 8 aromatic carbocycles. The third kappa shape index (κ3) is 7.98. The number of aromatic nitrogens is 1. The minimum atomic E-state index is -0.0378. The zero-order valence-electron chi connectivity index (χ0n) is 36.3. The number of hydrogen-bond donors (Lipinski definition) is 0. The van der Waals surface area contributed by atoms with Crippen molar-refractivity contribution in [2.45, 2.75) is 46.1 Å². The molecule has 0 bridgehead atoms. The number of hydrogen-bond acceptors (Lipinski definition) is 2. The first-order chi connectivity index (χ1) is 30.3. The Kier molecular flexibility index (Phi) is 12.1. The lowest BCUT2D eigenvalue weighted by molar-refractivity contribution is 0.661. The third-order valence-electron chi connectivity index (χ3n) is 12.1. The van der Waals surface area contributed by atoms with E-state index in [2.05, 4.69) is 188 Å². The Bertz CT molecular complexity index is 3150. The number of rotatable bonds is 8. The molecule has 0 saturated heterocycles. The van der Waals surface area contributed by atoms with Gasteiger partial charge < -0.3 is 4.57 Å². The Hall–Kier alpha value is -7.36. The predicted molar refractivity (Wildman–Crippen MR) is 271 cm³/mol. The van der Waals surface area contributed by atoms with Gasteiger partial charge in [0, 0.05) is 33.8 Å². The number of nitrogens with zero attached hydrogens (tertiary/aromatic N) is 3. The fourth-order valence-electron chi connectivity index (χ4n) is 9.12. The SMILES string of the molecule is C=C/C=C(C)/C=C\C.C=Nc1ccccc1N=C.CC1(C)c2ccc(-c3cccc4c5cc6ccccc6cc5n(CCc5ccccc5)c34)cc2-c2c1ccc1ccccc21. The Balaban J connectivity index is 0.000000246. The highest BCUT2D eigenvalue weighted by atomic mass is 15.0. The fraction of sp³-hybridized carbons (Fsp3) is 0.119. The van der Waals surface area contributed by atoms with Crippen molar-refractivity contribution in [1.29, 1.82) is 0 Å². The molecule has 0 N–H and O–H groups in total. The quantitative estimate of drug-likeness (QED) is 0.108. The smallest absolute Gasteiger partial charge is 0.0878 e. The minimum Gasteiger partial charge on any atom is -0.340 e. The molecule has 3 heteroatoms. The Morgan fingerprint density at radius 1 is 0.613 bits per heavy atom. The van der Waals surface area contributed by atoms with Crippen molar-refractivity contribution >= 4 is 68.2 Å². The van der Waals surface area contributed by atoms with Crippen LogP contribution in [-0.4, -0.2) is 18.0 Å². The van der Waals surface area contributed by atoms with E-state index < -0.39 is 0 Å². The van der Waals surface area contributed by atoms with Gasteiger partial charge in [-0.05, 0) is 119 Å². The average molecular weight is 804 g/mol. The topological polar surface area (TPSA) is 29.6 Å². The van der Waals surface area contributed by atoms with E-state index in [-0.39, 0.29) is 5.41 Å². The highest BCUT2D eigenvalue weighted by Crippen LogP contribution is 2.52. The van der Waals surface area contributed by atoms with Gasteiger partial charge in [0.1, 0.15) is 0 Å². The van der Waals surface area contributed by atoms with Crippen LogP contribution in [0.1, 0.15) is 44.4 Å². The van der Waals surface area contributed by atoms with Gasteiger partial charge in [-0.2, -0.15) is 0 Å². The zero-order valence-corrected chi connectivity index (χ0v) is 36.3. The Morgan fingerprint density at radius 2 is 1.24 bits per heavy atom. The molecular formula is C59H53N3. The lowest BCUT2D eigenvalue weighted by atomic mass is 9.82. The summed E-state index contributed by atoms with van der Waals surface area (Å²) in [5.74, 6) is 0. The van der Waals surface area contributed by atoms with E-state index >= 15 is 0 Å². The summed E-state index contributed by atoms with van der Waals surface area (Å²) in [6.45, 7) is 20.1. The van der Waals surface area contributed by atoms with Crippen LogP contribution in [0.2, 0.25) is 0 Å². The van der Waals surface area contributed by atoms with E-state index in [0.717, 1.165) is 24.3 Å². The van der Waals surface area contributed by atoms with Crippen LogP contribution >= 0.6 is 0 Å². The number of allylic oxidation sites excluding steroid dienone is 5. The normalized spacial score (nSPS) is 12.7. The summed E-state index contributed by atoms with van der Waals surface area (Å²) in [6.07, 6.45) is 8.80. The van der Waals surface area contributed by atoms with Gasteiger partial charge in [-0.25, -0.2) is 0 Å². The van der Waals surface area contributed by atoms with Gasteiger partial charge in [-0.15, -0.1) is 0 Å². The van der Waals surface area contributed by atoms with Gasteiger partial charge in [-0.1, -0.05) is 184 Å². The second kappa shape index (κ2) is 18.1. The van der Waals surface area contributed by atoms with Gasteiger partial charge in [0.2, 0.25) is 0 Å². The van der Waals surface area contributed by atoms with E-state index in [4.69, 9.17) is 0 Å². The van der Waals surface area contributed by atoms with Crippen molar-refractivity contribution in [2.75, 3.05) is 0 Å². The third-order valence-corrected chi connectivity index (χ3v) is 12.1. The van der Waals surface area contributed by atoms with Crippen molar-refractivity contribution in [3.05, 3.63) is 217 Å². The van der Waals surface area contributed by atoms with Crippen molar-refractivity contribution in [3.63, 3.8) is 0 Å². The molecule has 1 aromatic heterocycles. The summed E-state index contributed by atoms with van der Waals surface area (Å²) in [7, 11) is 0. The molecule has 0 aliphatic heterocycles. The van der Waals surface area contributed by atoms with Crippen molar-refractivity contribution in [1.82, 2.24) is 4.57 Å². The number of benzene rings is 8. The van der Waals surface area contributed by atoms with E-state index in [1.807, 2.05) is 56.3 Å². The first kappa shape index (κ1) is 41.4. The monoisotopic (exact) mass is 803 g/mol. The van der Waals surface area contributed by atoms with Crippen LogP contribution in [0.15, 0.2) is 210 Å². The highest BCUT2D eigenvalue weighted by molar-refractivity contribution is 6.16. The van der Waals surface area contributed by atoms with Gasteiger partial charge >= 0.3 is 0 Å². The molecule has 62 heavy (non-hydrogen) atoms. The molecule has 0 atom stereocenters. The number of aliphatic imine (C=N–C) groups is 2. The standard InChI is InChI=1S/C43H33N.C8H8N2.C8H12/c1-43(2)38-21-20-32(26-37(38)41-33-16-9-8-13-29(33)19-22-39(41)43)34-17-10-18-35-36-25-30-14-6-7-15-31(30)27-40(36)44(42(34)35)24-23-28-11-4-3-5-12-28;1-9-7-5-3-4-6-8(7)10-2;1-4-6-8(3)7-5-2/h3-22,25-27H,23-24H2,1-2H3;3-6H,1-2H2;4-7H,1H2,2-3H3/b;;7-5-,8-6+. The second-order valence-electron chi connectivity index (χ2n) is 16.4. The molecule has 0 saturated carbocycles. The molecule has 0 radical (unpaired) electrons. The lowest BCUT2D eigenvalue weighted by Crippen LogP contribution is -2.14. The maximum Gasteiger partial charge on any atom is 0.0878 e. The van der Waals surface area contributed by atoms with E-state index in [0.29, 0.717) is 0 Å². The number of aryl methyl sites for hydroxylation is 2. The van der Waals surface area contributed by atoms with Crippen LogP contribution in [0.4, 0.5) is 11.4 Å². The predicted octanol–water partition coefficient (Wildman–Crippen LogP) is 16.4. The van der Waals surface area contributed by atoms with Crippen LogP contribution < -0.4 is 0 Å². The van der Waals surface area contributed by atoms with Crippen LogP contribution in [0.25, 0.3) is 65.6 Å². The zero-order chi connectivity index (χ0) is 43.2. The Labute approximate surface area is 366 Å². The van der Waals surface area contributed by atoms with Crippen molar-refractivity contribution in [3.8, 4) is 22.3 Å². The summed E-state index contributed by atoms with van der Waals surface area (Å²) >= 11 is 0. The molecule has 1 aliphatic carbocycles. The summed E-state index contributed by atoms with van der Waals surface area (Å²) in [5, 5.41) is 7.87. The number of fused-ring (bicyclic) bond motifs is 9. The molecule has 3 nitrogen and oxygen atoms in total. The van der Waals surface area contributed by atoms with Crippen LogP contribution in [0.5, 0.6) is 0 Å². The first-order valence-electron chi connectivity index (χ1n) is 21.4.